The minimum absolute atomic E-state index is 0.00715. The van der Waals surface area contributed by atoms with E-state index in [4.69, 9.17) is 9.52 Å². The van der Waals surface area contributed by atoms with Gasteiger partial charge in [0.1, 0.15) is 11.4 Å². The summed E-state index contributed by atoms with van der Waals surface area (Å²) in [7, 11) is 0. The molecule has 1 aromatic carbocycles. The third kappa shape index (κ3) is 2.93. The fourth-order valence-corrected chi connectivity index (χ4v) is 1.70. The van der Waals surface area contributed by atoms with Gasteiger partial charge < -0.3 is 14.8 Å². The summed E-state index contributed by atoms with van der Waals surface area (Å²) in [6.07, 6.45) is 0. The van der Waals surface area contributed by atoms with E-state index in [1.54, 1.807) is 6.92 Å². The van der Waals surface area contributed by atoms with Crippen molar-refractivity contribution in [3.05, 3.63) is 35.8 Å². The predicted octanol–water partition coefficient (Wildman–Crippen LogP) is 2.32. The Balaban J connectivity index is 2.17. The van der Waals surface area contributed by atoms with Crippen LogP contribution >= 0.6 is 0 Å². The lowest BCUT2D eigenvalue weighted by Crippen LogP contribution is -2.38. The molecule has 0 fully saturated rings. The molecule has 2 N–H and O–H groups in total. The molecule has 0 spiro atoms. The number of nitrogens with one attached hydrogen (secondary N) is 1. The van der Waals surface area contributed by atoms with E-state index in [1.807, 2.05) is 6.92 Å². The maximum atomic E-state index is 13.0. The van der Waals surface area contributed by atoms with Crippen LogP contribution in [-0.2, 0) is 0 Å². The Morgan fingerprint density at radius 1 is 1.42 bits per heavy atom. The summed E-state index contributed by atoms with van der Waals surface area (Å²) in [5, 5.41) is 12.3. The van der Waals surface area contributed by atoms with E-state index >= 15 is 0 Å². The van der Waals surface area contributed by atoms with Gasteiger partial charge in [-0.25, -0.2) is 4.39 Å². The van der Waals surface area contributed by atoms with Gasteiger partial charge in [-0.3, -0.25) is 4.79 Å². The fourth-order valence-electron chi connectivity index (χ4n) is 1.70. The summed E-state index contributed by atoms with van der Waals surface area (Å²) in [5.74, 6) is -0.657. The molecule has 0 saturated carbocycles. The normalized spacial score (nSPS) is 14.3. The summed E-state index contributed by atoms with van der Waals surface area (Å²) in [4.78, 5) is 11.9. The minimum atomic E-state index is -0.373. The predicted molar refractivity (Wildman–Crippen MR) is 69.4 cm³/mol. The summed E-state index contributed by atoms with van der Waals surface area (Å²) in [6.45, 7) is 3.63. The molecule has 0 saturated heterocycles. The van der Waals surface area contributed by atoms with Gasteiger partial charge in [0, 0.05) is 18.0 Å². The first-order chi connectivity index (χ1) is 9.01. The monoisotopic (exact) mass is 265 g/mol. The smallest absolute Gasteiger partial charge is 0.287 e. The highest BCUT2D eigenvalue weighted by atomic mass is 19.1. The summed E-state index contributed by atoms with van der Waals surface area (Å²) in [6, 6.07) is 5.41. The first kappa shape index (κ1) is 13.5. The molecule has 2 unspecified atom stereocenters. The minimum Gasteiger partial charge on any atom is -0.451 e. The highest BCUT2D eigenvalue weighted by Gasteiger charge is 2.18. The topological polar surface area (TPSA) is 62.5 Å². The molecule has 5 heteroatoms. The SMILES string of the molecule is CC(CO)C(C)NC(=O)c1cc2cc(F)ccc2o1. The van der Waals surface area contributed by atoms with Crippen molar-refractivity contribution in [2.75, 3.05) is 6.61 Å². The second-order valence-corrected chi connectivity index (χ2v) is 4.71. The lowest BCUT2D eigenvalue weighted by molar-refractivity contribution is 0.0890. The van der Waals surface area contributed by atoms with Crippen LogP contribution in [0.1, 0.15) is 24.4 Å². The molecule has 4 nitrogen and oxygen atoms in total. The van der Waals surface area contributed by atoms with Crippen molar-refractivity contribution in [3.63, 3.8) is 0 Å². The van der Waals surface area contributed by atoms with Gasteiger partial charge in [0.25, 0.3) is 5.91 Å². The van der Waals surface area contributed by atoms with E-state index in [9.17, 15) is 9.18 Å². The molecule has 0 radical (unpaired) electrons. The van der Waals surface area contributed by atoms with Crippen molar-refractivity contribution in [1.82, 2.24) is 5.32 Å². The van der Waals surface area contributed by atoms with Crippen molar-refractivity contribution >= 4 is 16.9 Å². The number of hydrogen-bond donors (Lipinski definition) is 2. The van der Waals surface area contributed by atoms with Crippen LogP contribution in [0.5, 0.6) is 0 Å². The number of benzene rings is 1. The Kier molecular flexibility index (Phi) is 3.85. The number of hydrogen-bond acceptors (Lipinski definition) is 3. The maximum absolute atomic E-state index is 13.0. The molecule has 102 valence electrons. The van der Waals surface area contributed by atoms with E-state index in [0.29, 0.717) is 11.0 Å². The fraction of sp³-hybridized carbons (Fsp3) is 0.357. The van der Waals surface area contributed by atoms with Crippen molar-refractivity contribution in [1.29, 1.82) is 0 Å². The third-order valence-corrected chi connectivity index (χ3v) is 3.20. The van der Waals surface area contributed by atoms with Gasteiger partial charge in [-0.2, -0.15) is 0 Å². The lowest BCUT2D eigenvalue weighted by Gasteiger charge is -2.18. The molecule has 1 aromatic heterocycles. The average molecular weight is 265 g/mol. The van der Waals surface area contributed by atoms with Crippen LogP contribution in [0.3, 0.4) is 0 Å². The van der Waals surface area contributed by atoms with Crippen LogP contribution in [0, 0.1) is 11.7 Å². The van der Waals surface area contributed by atoms with Crippen LogP contribution in [0.4, 0.5) is 4.39 Å². The summed E-state index contributed by atoms with van der Waals surface area (Å²) in [5.41, 5.74) is 0.467. The number of furan rings is 1. The van der Waals surface area contributed by atoms with E-state index < -0.39 is 0 Å². The molecule has 2 atom stereocenters. The van der Waals surface area contributed by atoms with Gasteiger partial charge in [-0.05, 0) is 37.1 Å². The van der Waals surface area contributed by atoms with E-state index in [2.05, 4.69) is 5.32 Å². The second-order valence-electron chi connectivity index (χ2n) is 4.71. The Bertz CT molecular complexity index is 593. The van der Waals surface area contributed by atoms with E-state index in [0.717, 1.165) is 0 Å². The third-order valence-electron chi connectivity index (χ3n) is 3.20. The molecule has 2 aromatic rings. The molecule has 0 aliphatic rings. The number of carbonyl (C=O) groups excluding carboxylic acids is 1. The Labute approximate surface area is 110 Å². The Morgan fingerprint density at radius 2 is 2.16 bits per heavy atom. The van der Waals surface area contributed by atoms with Gasteiger partial charge in [0.2, 0.25) is 0 Å². The van der Waals surface area contributed by atoms with Crippen LogP contribution in [0.25, 0.3) is 11.0 Å². The van der Waals surface area contributed by atoms with Gasteiger partial charge in [0.15, 0.2) is 5.76 Å². The highest BCUT2D eigenvalue weighted by Crippen LogP contribution is 2.20. The highest BCUT2D eigenvalue weighted by molar-refractivity contribution is 5.96. The average Bonchev–Trinajstić information content (AvgIpc) is 2.80. The summed E-state index contributed by atoms with van der Waals surface area (Å²) < 4.78 is 18.4. The van der Waals surface area contributed by atoms with Crippen molar-refractivity contribution in [2.45, 2.75) is 19.9 Å². The first-order valence-electron chi connectivity index (χ1n) is 6.12. The molecular weight excluding hydrogens is 249 g/mol. The number of carbonyl (C=O) groups is 1. The van der Waals surface area contributed by atoms with E-state index in [-0.39, 0.29) is 36.1 Å². The number of rotatable bonds is 4. The zero-order valence-corrected chi connectivity index (χ0v) is 10.8. The van der Waals surface area contributed by atoms with Crippen molar-refractivity contribution < 1.29 is 18.7 Å². The lowest BCUT2D eigenvalue weighted by atomic mass is 10.1. The van der Waals surface area contributed by atoms with Gasteiger partial charge in [-0.15, -0.1) is 0 Å². The first-order valence-corrected chi connectivity index (χ1v) is 6.12. The largest absolute Gasteiger partial charge is 0.451 e. The number of halogens is 1. The number of amides is 1. The molecule has 2 rings (SSSR count). The molecule has 0 aliphatic carbocycles. The van der Waals surface area contributed by atoms with Gasteiger partial charge >= 0.3 is 0 Å². The van der Waals surface area contributed by atoms with Crippen LogP contribution in [0.15, 0.2) is 28.7 Å². The zero-order chi connectivity index (χ0) is 14.0. The zero-order valence-electron chi connectivity index (χ0n) is 10.8. The second kappa shape index (κ2) is 5.40. The van der Waals surface area contributed by atoms with Crippen LogP contribution < -0.4 is 5.32 Å². The number of aliphatic hydroxyl groups is 1. The molecule has 1 amide bonds. The summed E-state index contributed by atoms with van der Waals surface area (Å²) >= 11 is 0. The number of aliphatic hydroxyl groups excluding tert-OH is 1. The maximum Gasteiger partial charge on any atom is 0.287 e. The molecular formula is C14H16FNO3. The Hall–Kier alpha value is -1.88. The Morgan fingerprint density at radius 3 is 2.84 bits per heavy atom. The standard InChI is InChI=1S/C14H16FNO3/c1-8(7-17)9(2)16-14(18)13-6-10-5-11(15)3-4-12(10)19-13/h3-6,8-9,17H,7H2,1-2H3,(H,16,18). The van der Waals surface area contributed by atoms with Crippen LogP contribution in [-0.4, -0.2) is 23.7 Å². The van der Waals surface area contributed by atoms with Gasteiger partial charge in [-0.1, -0.05) is 6.92 Å². The molecule has 19 heavy (non-hydrogen) atoms. The van der Waals surface area contributed by atoms with E-state index in [1.165, 1.54) is 24.3 Å². The quantitative estimate of drug-likeness (QED) is 0.891. The van der Waals surface area contributed by atoms with Gasteiger partial charge in [0.05, 0.1) is 0 Å². The molecule has 0 aliphatic heterocycles. The van der Waals surface area contributed by atoms with Crippen molar-refractivity contribution in [3.8, 4) is 0 Å². The van der Waals surface area contributed by atoms with Crippen LogP contribution in [0.2, 0.25) is 0 Å². The number of fused-ring (bicyclic) bond motifs is 1. The molecule has 0 bridgehead atoms. The van der Waals surface area contributed by atoms with Crippen molar-refractivity contribution in [2.24, 2.45) is 5.92 Å². The molecule has 1 heterocycles.